The molecule has 0 heterocycles. The van der Waals surface area contributed by atoms with Gasteiger partial charge in [-0.1, -0.05) is 33.3 Å². The maximum absolute atomic E-state index is 3.93. The average Bonchev–Trinajstić information content (AvgIpc) is 2.30. The second kappa shape index (κ2) is 6.47. The van der Waals surface area contributed by atoms with Gasteiger partial charge in [0.1, 0.15) is 0 Å². The predicted molar refractivity (Wildman–Crippen MR) is 73.5 cm³/mol. The van der Waals surface area contributed by atoms with Crippen LogP contribution in [-0.4, -0.2) is 0 Å². The van der Waals surface area contributed by atoms with Crippen LogP contribution in [0.1, 0.15) is 65.7 Å². The van der Waals surface area contributed by atoms with Gasteiger partial charge in [-0.05, 0) is 62.2 Å². The van der Waals surface area contributed by atoms with Crippen molar-refractivity contribution in [2.24, 2.45) is 23.7 Å². The zero-order chi connectivity index (χ0) is 10.7. The fourth-order valence-electron chi connectivity index (χ4n) is 3.61. The van der Waals surface area contributed by atoms with Gasteiger partial charge in [-0.2, -0.15) is 0 Å². The molecule has 0 aromatic carbocycles. The molecule has 0 aliphatic heterocycles. The van der Waals surface area contributed by atoms with Crippen molar-refractivity contribution < 1.29 is 0 Å². The minimum absolute atomic E-state index is 0. The van der Waals surface area contributed by atoms with Gasteiger partial charge in [-0.15, -0.1) is 6.58 Å². The average molecular weight is 222 g/mol. The van der Waals surface area contributed by atoms with Crippen LogP contribution in [0.15, 0.2) is 12.7 Å². The third-order valence-corrected chi connectivity index (χ3v) is 4.88. The van der Waals surface area contributed by atoms with E-state index in [1.54, 1.807) is 0 Å². The largest absolute Gasteiger partial charge is 0.103 e. The molecule has 0 bridgehead atoms. The molecule has 0 amide bonds. The van der Waals surface area contributed by atoms with Gasteiger partial charge in [0.2, 0.25) is 0 Å². The second-order valence-corrected chi connectivity index (χ2v) is 5.93. The predicted octanol–water partition coefficient (Wildman–Crippen LogP) is 5.44. The molecule has 2 saturated carbocycles. The summed E-state index contributed by atoms with van der Waals surface area (Å²) in [5.74, 6) is 3.98. The van der Waals surface area contributed by atoms with Crippen LogP contribution in [0, 0.1) is 23.7 Å². The third kappa shape index (κ3) is 3.37. The molecule has 2 aliphatic carbocycles. The summed E-state index contributed by atoms with van der Waals surface area (Å²) in [6, 6.07) is 0. The first-order chi connectivity index (χ1) is 7.29. The molecule has 94 valence electrons. The van der Waals surface area contributed by atoms with Gasteiger partial charge in [-0.25, -0.2) is 0 Å². The molecule has 0 unspecified atom stereocenters. The van der Waals surface area contributed by atoms with Crippen molar-refractivity contribution in [1.82, 2.24) is 0 Å². The molecular formula is C16H30. The molecule has 0 nitrogen and oxygen atoms in total. The highest BCUT2D eigenvalue weighted by Gasteiger charge is 2.28. The Kier molecular flexibility index (Phi) is 5.58. The van der Waals surface area contributed by atoms with Crippen molar-refractivity contribution in [2.45, 2.75) is 65.7 Å². The fourth-order valence-corrected chi connectivity index (χ4v) is 3.61. The molecular weight excluding hydrogens is 192 g/mol. The monoisotopic (exact) mass is 222 g/mol. The van der Waals surface area contributed by atoms with E-state index in [2.05, 4.69) is 19.6 Å². The van der Waals surface area contributed by atoms with Gasteiger partial charge >= 0.3 is 0 Å². The molecule has 16 heavy (non-hydrogen) atoms. The van der Waals surface area contributed by atoms with Gasteiger partial charge in [0.15, 0.2) is 0 Å². The summed E-state index contributed by atoms with van der Waals surface area (Å²) in [4.78, 5) is 0. The number of hydrogen-bond acceptors (Lipinski definition) is 0. The standard InChI is InChI=1S/C15H26.CH4/c1-3-13-6-10-15(11-7-13)14-8-4-12(2)5-9-14;/h3,12-15H,1,4-11H2,2H3;1H4. The molecule has 0 heteroatoms. The lowest BCUT2D eigenvalue weighted by atomic mass is 9.69. The fraction of sp³-hybridized carbons (Fsp3) is 0.875. The van der Waals surface area contributed by atoms with E-state index in [0.29, 0.717) is 0 Å². The van der Waals surface area contributed by atoms with E-state index in [1.807, 2.05) is 0 Å². The van der Waals surface area contributed by atoms with Crippen LogP contribution in [-0.2, 0) is 0 Å². The van der Waals surface area contributed by atoms with Crippen molar-refractivity contribution in [2.75, 3.05) is 0 Å². The Hall–Kier alpha value is -0.260. The Labute approximate surface area is 103 Å². The summed E-state index contributed by atoms with van der Waals surface area (Å²) in [6.45, 7) is 6.35. The summed E-state index contributed by atoms with van der Waals surface area (Å²) >= 11 is 0. The van der Waals surface area contributed by atoms with Gasteiger partial charge in [0.05, 0.1) is 0 Å². The lowest BCUT2D eigenvalue weighted by Gasteiger charge is -2.36. The van der Waals surface area contributed by atoms with Crippen molar-refractivity contribution in [3.05, 3.63) is 12.7 Å². The van der Waals surface area contributed by atoms with Gasteiger partial charge in [0.25, 0.3) is 0 Å². The van der Waals surface area contributed by atoms with E-state index < -0.39 is 0 Å². The summed E-state index contributed by atoms with van der Waals surface area (Å²) in [5.41, 5.74) is 0. The van der Waals surface area contributed by atoms with Crippen molar-refractivity contribution >= 4 is 0 Å². The molecule has 0 spiro atoms. The first-order valence-corrected chi connectivity index (χ1v) is 6.92. The molecule has 0 radical (unpaired) electrons. The summed E-state index contributed by atoms with van der Waals surface area (Å²) in [6.07, 6.45) is 14.0. The summed E-state index contributed by atoms with van der Waals surface area (Å²) in [7, 11) is 0. The Balaban J connectivity index is 0.00000128. The van der Waals surface area contributed by atoms with E-state index in [4.69, 9.17) is 0 Å². The van der Waals surface area contributed by atoms with E-state index in [0.717, 1.165) is 23.7 Å². The lowest BCUT2D eigenvalue weighted by Crippen LogP contribution is -2.24. The Morgan fingerprint density at radius 3 is 1.69 bits per heavy atom. The van der Waals surface area contributed by atoms with Crippen LogP contribution >= 0.6 is 0 Å². The topological polar surface area (TPSA) is 0 Å². The Bertz CT molecular complexity index is 190. The van der Waals surface area contributed by atoms with Crippen molar-refractivity contribution in [3.8, 4) is 0 Å². The van der Waals surface area contributed by atoms with Crippen molar-refractivity contribution in [1.29, 1.82) is 0 Å². The molecule has 0 N–H and O–H groups in total. The van der Waals surface area contributed by atoms with Crippen LogP contribution in [0.5, 0.6) is 0 Å². The van der Waals surface area contributed by atoms with Crippen LogP contribution in [0.25, 0.3) is 0 Å². The minimum Gasteiger partial charge on any atom is -0.103 e. The maximum atomic E-state index is 3.93. The van der Waals surface area contributed by atoms with Gasteiger partial charge < -0.3 is 0 Å². The molecule has 2 rings (SSSR count). The number of hydrogen-bond donors (Lipinski definition) is 0. The maximum Gasteiger partial charge on any atom is -0.0236 e. The molecule has 0 atom stereocenters. The zero-order valence-electron chi connectivity index (χ0n) is 10.3. The van der Waals surface area contributed by atoms with Gasteiger partial charge in [0, 0.05) is 0 Å². The second-order valence-electron chi connectivity index (χ2n) is 5.93. The SMILES string of the molecule is C.C=CC1CCC(C2CCC(C)CC2)CC1. The van der Waals surface area contributed by atoms with Crippen LogP contribution in [0.3, 0.4) is 0 Å². The van der Waals surface area contributed by atoms with Crippen molar-refractivity contribution in [3.63, 3.8) is 0 Å². The van der Waals surface area contributed by atoms with Crippen LogP contribution in [0.4, 0.5) is 0 Å². The minimum atomic E-state index is 0. The Morgan fingerprint density at radius 1 is 0.812 bits per heavy atom. The van der Waals surface area contributed by atoms with E-state index >= 15 is 0 Å². The molecule has 0 aromatic rings. The third-order valence-electron chi connectivity index (χ3n) is 4.88. The smallest absolute Gasteiger partial charge is 0.0236 e. The highest BCUT2D eigenvalue weighted by atomic mass is 14.3. The summed E-state index contributed by atoms with van der Waals surface area (Å²) < 4.78 is 0. The lowest BCUT2D eigenvalue weighted by molar-refractivity contribution is 0.160. The highest BCUT2D eigenvalue weighted by molar-refractivity contribution is 4.87. The van der Waals surface area contributed by atoms with Crippen LogP contribution < -0.4 is 0 Å². The zero-order valence-corrected chi connectivity index (χ0v) is 10.3. The normalized spacial score (nSPS) is 39.8. The molecule has 0 aromatic heterocycles. The quantitative estimate of drug-likeness (QED) is 0.546. The summed E-state index contributed by atoms with van der Waals surface area (Å²) in [5, 5.41) is 0. The first-order valence-electron chi connectivity index (χ1n) is 6.92. The number of allylic oxidation sites excluding steroid dienone is 1. The van der Waals surface area contributed by atoms with Gasteiger partial charge in [-0.3, -0.25) is 0 Å². The first kappa shape index (κ1) is 13.8. The highest BCUT2D eigenvalue weighted by Crippen LogP contribution is 2.41. The van der Waals surface area contributed by atoms with E-state index in [1.165, 1.54) is 51.4 Å². The Morgan fingerprint density at radius 2 is 1.25 bits per heavy atom. The van der Waals surface area contributed by atoms with E-state index in [9.17, 15) is 0 Å². The van der Waals surface area contributed by atoms with E-state index in [-0.39, 0.29) is 7.43 Å². The number of rotatable bonds is 2. The molecule has 0 saturated heterocycles. The molecule has 2 aliphatic rings. The molecule has 2 fully saturated rings. The van der Waals surface area contributed by atoms with Crippen LogP contribution in [0.2, 0.25) is 0 Å².